The van der Waals surface area contributed by atoms with Crippen molar-refractivity contribution in [1.29, 1.82) is 0 Å². The number of rotatable bonds is 2. The molecular weight excluding hydrogens is 315 g/mol. The monoisotopic (exact) mass is 332 g/mol. The molecule has 0 saturated heterocycles. The SMILES string of the molecule is Oc1ccc(C2=Nc3ccccc3NC(c3ccc(F)cc3)C2)cc1. The number of phenols is 1. The summed E-state index contributed by atoms with van der Waals surface area (Å²) in [5.74, 6) is -0.0169. The van der Waals surface area contributed by atoms with E-state index in [9.17, 15) is 9.50 Å². The molecule has 4 rings (SSSR count). The molecule has 2 N–H and O–H groups in total. The first-order valence-corrected chi connectivity index (χ1v) is 8.17. The number of aromatic hydroxyl groups is 1. The standard InChI is InChI=1S/C21H17FN2O/c22-16-9-5-14(6-10-16)20-13-21(15-7-11-17(25)12-8-15)24-19-4-2-1-3-18(19)23-20/h1-12,20,23,25H,13H2. The highest BCUT2D eigenvalue weighted by Gasteiger charge is 2.21. The van der Waals surface area contributed by atoms with Gasteiger partial charge in [-0.2, -0.15) is 0 Å². The Hall–Kier alpha value is -3.14. The maximum atomic E-state index is 13.3. The number of para-hydroxylation sites is 2. The third kappa shape index (κ3) is 3.24. The van der Waals surface area contributed by atoms with Gasteiger partial charge in [-0.25, -0.2) is 4.39 Å². The first kappa shape index (κ1) is 15.4. The van der Waals surface area contributed by atoms with E-state index in [4.69, 9.17) is 4.99 Å². The van der Waals surface area contributed by atoms with Crippen LogP contribution in [0.25, 0.3) is 0 Å². The molecule has 1 aliphatic rings. The molecule has 4 heteroatoms. The summed E-state index contributed by atoms with van der Waals surface area (Å²) >= 11 is 0. The third-order valence-corrected chi connectivity index (χ3v) is 4.36. The van der Waals surface area contributed by atoms with Gasteiger partial charge < -0.3 is 10.4 Å². The first-order chi connectivity index (χ1) is 12.2. The average molecular weight is 332 g/mol. The molecular formula is C21H17FN2O. The van der Waals surface area contributed by atoms with Crippen molar-refractivity contribution in [1.82, 2.24) is 0 Å². The van der Waals surface area contributed by atoms with E-state index in [2.05, 4.69) is 5.32 Å². The molecule has 0 fully saturated rings. The Labute approximate surface area is 145 Å². The molecule has 25 heavy (non-hydrogen) atoms. The topological polar surface area (TPSA) is 44.6 Å². The van der Waals surface area contributed by atoms with Crippen LogP contribution < -0.4 is 5.32 Å². The van der Waals surface area contributed by atoms with Crippen molar-refractivity contribution in [2.45, 2.75) is 12.5 Å². The number of anilines is 1. The number of hydrogen-bond acceptors (Lipinski definition) is 3. The van der Waals surface area contributed by atoms with E-state index in [0.717, 1.165) is 28.2 Å². The largest absolute Gasteiger partial charge is 0.508 e. The van der Waals surface area contributed by atoms with Crippen LogP contribution in [-0.4, -0.2) is 10.8 Å². The fourth-order valence-corrected chi connectivity index (χ4v) is 3.05. The molecule has 3 aromatic rings. The van der Waals surface area contributed by atoms with Gasteiger partial charge in [-0.1, -0.05) is 24.3 Å². The van der Waals surface area contributed by atoms with E-state index >= 15 is 0 Å². The summed E-state index contributed by atoms with van der Waals surface area (Å²) in [7, 11) is 0. The van der Waals surface area contributed by atoms with Crippen LogP contribution >= 0.6 is 0 Å². The maximum absolute atomic E-state index is 13.3. The fourth-order valence-electron chi connectivity index (χ4n) is 3.05. The van der Waals surface area contributed by atoms with Gasteiger partial charge in [0.05, 0.1) is 23.1 Å². The van der Waals surface area contributed by atoms with E-state index in [1.165, 1.54) is 12.1 Å². The Bertz CT molecular complexity index is 917. The van der Waals surface area contributed by atoms with Crippen molar-refractivity contribution in [3.05, 3.63) is 89.7 Å². The second-order valence-electron chi connectivity index (χ2n) is 6.08. The highest BCUT2D eigenvalue weighted by molar-refractivity contribution is 6.04. The van der Waals surface area contributed by atoms with Gasteiger partial charge >= 0.3 is 0 Å². The van der Waals surface area contributed by atoms with Crippen LogP contribution in [0, 0.1) is 5.82 Å². The second kappa shape index (κ2) is 6.40. The minimum absolute atomic E-state index is 0.0168. The van der Waals surface area contributed by atoms with Crippen molar-refractivity contribution in [3.8, 4) is 5.75 Å². The van der Waals surface area contributed by atoms with Crippen molar-refractivity contribution in [2.24, 2.45) is 4.99 Å². The minimum atomic E-state index is -0.245. The van der Waals surface area contributed by atoms with Crippen LogP contribution in [0.1, 0.15) is 23.6 Å². The number of halogens is 1. The number of fused-ring (bicyclic) bond motifs is 1. The number of aliphatic imine (C=N–C) groups is 1. The van der Waals surface area contributed by atoms with Crippen LogP contribution in [-0.2, 0) is 0 Å². The highest BCUT2D eigenvalue weighted by atomic mass is 19.1. The molecule has 0 spiro atoms. The lowest BCUT2D eigenvalue weighted by Gasteiger charge is -2.19. The van der Waals surface area contributed by atoms with Crippen LogP contribution in [0.4, 0.5) is 15.8 Å². The van der Waals surface area contributed by atoms with Gasteiger partial charge in [-0.05, 0) is 59.7 Å². The van der Waals surface area contributed by atoms with Gasteiger partial charge in [0.1, 0.15) is 11.6 Å². The van der Waals surface area contributed by atoms with Crippen molar-refractivity contribution < 1.29 is 9.50 Å². The normalized spacial score (nSPS) is 16.4. The number of nitrogens with one attached hydrogen (secondary N) is 1. The number of nitrogens with zero attached hydrogens (tertiary/aromatic N) is 1. The maximum Gasteiger partial charge on any atom is 0.123 e. The summed E-state index contributed by atoms with van der Waals surface area (Å²) in [5.41, 5.74) is 4.71. The summed E-state index contributed by atoms with van der Waals surface area (Å²) in [6, 6.07) is 21.5. The molecule has 0 bridgehead atoms. The predicted octanol–water partition coefficient (Wildman–Crippen LogP) is 5.21. The van der Waals surface area contributed by atoms with Crippen molar-refractivity contribution in [3.63, 3.8) is 0 Å². The van der Waals surface area contributed by atoms with Gasteiger partial charge in [-0.15, -0.1) is 0 Å². The summed E-state index contributed by atoms with van der Waals surface area (Å²) in [6.07, 6.45) is 0.658. The molecule has 1 atom stereocenters. The first-order valence-electron chi connectivity index (χ1n) is 8.17. The van der Waals surface area contributed by atoms with E-state index < -0.39 is 0 Å². The summed E-state index contributed by atoms with van der Waals surface area (Å²) in [4.78, 5) is 4.83. The van der Waals surface area contributed by atoms with Gasteiger partial charge in [-0.3, -0.25) is 4.99 Å². The molecule has 0 saturated carbocycles. The molecule has 1 heterocycles. The summed E-state index contributed by atoms with van der Waals surface area (Å²) in [5, 5.41) is 13.1. The Morgan fingerprint density at radius 2 is 1.64 bits per heavy atom. The molecule has 0 amide bonds. The molecule has 124 valence electrons. The third-order valence-electron chi connectivity index (χ3n) is 4.36. The number of benzene rings is 3. The van der Waals surface area contributed by atoms with Gasteiger partial charge in [0.2, 0.25) is 0 Å². The quantitative estimate of drug-likeness (QED) is 0.677. The Balaban J connectivity index is 1.78. The van der Waals surface area contributed by atoms with Crippen LogP contribution in [0.5, 0.6) is 5.75 Å². The van der Waals surface area contributed by atoms with E-state index in [-0.39, 0.29) is 17.6 Å². The minimum Gasteiger partial charge on any atom is -0.508 e. The highest BCUT2D eigenvalue weighted by Crippen LogP contribution is 2.35. The molecule has 3 nitrogen and oxygen atoms in total. The molecule has 0 radical (unpaired) electrons. The average Bonchev–Trinajstić information content (AvgIpc) is 2.82. The van der Waals surface area contributed by atoms with Crippen LogP contribution in [0.3, 0.4) is 0 Å². The zero-order valence-corrected chi connectivity index (χ0v) is 13.5. The van der Waals surface area contributed by atoms with Crippen LogP contribution in [0.15, 0.2) is 77.8 Å². The smallest absolute Gasteiger partial charge is 0.123 e. The molecule has 0 aromatic heterocycles. The molecule has 3 aromatic carbocycles. The van der Waals surface area contributed by atoms with Crippen molar-refractivity contribution >= 4 is 17.1 Å². The summed E-state index contributed by atoms with van der Waals surface area (Å²) in [6.45, 7) is 0. The van der Waals surface area contributed by atoms with Gasteiger partial charge in [0.15, 0.2) is 0 Å². The van der Waals surface area contributed by atoms with Crippen LogP contribution in [0.2, 0.25) is 0 Å². The van der Waals surface area contributed by atoms with E-state index in [1.54, 1.807) is 24.3 Å². The zero-order valence-electron chi connectivity index (χ0n) is 13.5. The Kier molecular flexibility index (Phi) is 3.94. The second-order valence-corrected chi connectivity index (χ2v) is 6.08. The number of phenolic OH excluding ortho intramolecular Hbond substituents is 1. The molecule has 0 aliphatic carbocycles. The lowest BCUT2D eigenvalue weighted by molar-refractivity contribution is 0.475. The zero-order chi connectivity index (χ0) is 17.2. The van der Waals surface area contributed by atoms with E-state index in [1.807, 2.05) is 36.4 Å². The van der Waals surface area contributed by atoms with Crippen molar-refractivity contribution in [2.75, 3.05) is 5.32 Å². The van der Waals surface area contributed by atoms with E-state index in [0.29, 0.717) is 6.42 Å². The Morgan fingerprint density at radius 3 is 2.40 bits per heavy atom. The summed E-state index contributed by atoms with van der Waals surface area (Å²) < 4.78 is 13.3. The van der Waals surface area contributed by atoms with Gasteiger partial charge in [0, 0.05) is 6.42 Å². The molecule has 1 unspecified atom stereocenters. The lowest BCUT2D eigenvalue weighted by Crippen LogP contribution is -2.14. The van der Waals surface area contributed by atoms with Gasteiger partial charge in [0.25, 0.3) is 0 Å². The molecule has 1 aliphatic heterocycles. The lowest BCUT2D eigenvalue weighted by atomic mass is 9.97. The number of hydrogen-bond donors (Lipinski definition) is 2. The predicted molar refractivity (Wildman–Crippen MR) is 98.1 cm³/mol. The Morgan fingerprint density at radius 1 is 0.920 bits per heavy atom. The fraction of sp³-hybridized carbons (Fsp3) is 0.0952.